The minimum absolute atomic E-state index is 0.00804. The van der Waals surface area contributed by atoms with Crippen LogP contribution in [0.4, 0.5) is 26.3 Å². The molecular formula is C28H33F6NO3. The Labute approximate surface area is 217 Å². The van der Waals surface area contributed by atoms with E-state index < -0.39 is 35.9 Å². The van der Waals surface area contributed by atoms with Gasteiger partial charge in [-0.15, -0.1) is 0 Å². The van der Waals surface area contributed by atoms with Crippen LogP contribution in [-0.2, 0) is 11.0 Å². The second kappa shape index (κ2) is 11.3. The molecule has 2 fully saturated rings. The zero-order valence-corrected chi connectivity index (χ0v) is 21.2. The van der Waals surface area contributed by atoms with Gasteiger partial charge < -0.3 is 15.2 Å². The number of fused-ring (bicyclic) bond motifs is 1. The Morgan fingerprint density at radius 2 is 1.61 bits per heavy atom. The summed E-state index contributed by atoms with van der Waals surface area (Å²) < 4.78 is 87.8. The molecule has 0 bridgehead atoms. The lowest BCUT2D eigenvalue weighted by atomic mass is 9.85. The fraction of sp³-hybridized carbons (Fsp3) is 0.607. The van der Waals surface area contributed by atoms with Gasteiger partial charge in [0, 0.05) is 12.1 Å². The quantitative estimate of drug-likeness (QED) is 0.346. The number of carboxylic acids is 1. The minimum atomic E-state index is -4.72. The molecule has 210 valence electrons. The van der Waals surface area contributed by atoms with Crippen molar-refractivity contribution in [3.63, 3.8) is 0 Å². The molecule has 2 aromatic carbocycles. The monoisotopic (exact) mass is 545 g/mol. The molecule has 2 aliphatic carbocycles. The first-order chi connectivity index (χ1) is 17.9. The number of hydrogen-bond donors (Lipinski definition) is 2. The Balaban J connectivity index is 1.57. The number of rotatable bonds is 7. The zero-order chi connectivity index (χ0) is 27.7. The van der Waals surface area contributed by atoms with Gasteiger partial charge in [-0.2, -0.15) is 26.3 Å². The van der Waals surface area contributed by atoms with Crippen molar-refractivity contribution < 1.29 is 41.0 Å². The molecule has 4 nitrogen and oxygen atoms in total. The summed E-state index contributed by atoms with van der Waals surface area (Å²) in [5.41, 5.74) is -0.222. The highest BCUT2D eigenvalue weighted by Gasteiger charge is 2.43. The number of aliphatic carboxylic acids is 1. The molecule has 0 aliphatic heterocycles. The number of carboxylic acid groups (broad SMARTS) is 1. The topological polar surface area (TPSA) is 58.6 Å². The predicted molar refractivity (Wildman–Crippen MR) is 131 cm³/mol. The van der Waals surface area contributed by atoms with E-state index in [2.05, 4.69) is 5.32 Å². The van der Waals surface area contributed by atoms with Crippen molar-refractivity contribution in [3.8, 4) is 5.75 Å². The lowest BCUT2D eigenvalue weighted by Crippen LogP contribution is -2.37. The van der Waals surface area contributed by atoms with Crippen molar-refractivity contribution in [3.05, 3.63) is 41.5 Å². The first-order valence-corrected chi connectivity index (χ1v) is 13.2. The van der Waals surface area contributed by atoms with Crippen LogP contribution in [0.5, 0.6) is 5.75 Å². The lowest BCUT2D eigenvalue weighted by Gasteiger charge is -2.31. The Morgan fingerprint density at radius 1 is 0.974 bits per heavy atom. The molecule has 4 rings (SSSR count). The van der Waals surface area contributed by atoms with Crippen molar-refractivity contribution >= 4 is 16.7 Å². The molecule has 10 heteroatoms. The SMILES string of the molecule is CCC(NC1CCC(C(=O)O)CC1)c1ccc2ccc(OC3CCC(C(F)(F)F)CC3)c(C(F)(F)F)c2c1. The fourth-order valence-corrected chi connectivity index (χ4v) is 5.85. The number of benzene rings is 2. The third kappa shape index (κ3) is 6.55. The molecule has 0 radical (unpaired) electrons. The average Bonchev–Trinajstić information content (AvgIpc) is 2.86. The van der Waals surface area contributed by atoms with E-state index in [9.17, 15) is 36.2 Å². The summed E-state index contributed by atoms with van der Waals surface area (Å²) in [6, 6.07) is 7.64. The lowest BCUT2D eigenvalue weighted by molar-refractivity contribution is -0.185. The van der Waals surface area contributed by atoms with Gasteiger partial charge in [0.05, 0.1) is 17.9 Å². The van der Waals surface area contributed by atoms with Gasteiger partial charge in [-0.05, 0) is 86.3 Å². The fourth-order valence-electron chi connectivity index (χ4n) is 5.85. The van der Waals surface area contributed by atoms with Gasteiger partial charge in [0.2, 0.25) is 0 Å². The van der Waals surface area contributed by atoms with Crippen molar-refractivity contribution in [2.45, 2.75) is 95.3 Å². The van der Waals surface area contributed by atoms with Crippen LogP contribution in [-0.4, -0.2) is 29.4 Å². The molecule has 2 aromatic rings. The number of hydrogen-bond acceptors (Lipinski definition) is 3. The summed E-state index contributed by atoms with van der Waals surface area (Å²) in [7, 11) is 0. The molecule has 0 saturated heterocycles. The molecule has 1 atom stereocenters. The van der Waals surface area contributed by atoms with E-state index >= 15 is 0 Å². The summed E-state index contributed by atoms with van der Waals surface area (Å²) >= 11 is 0. The van der Waals surface area contributed by atoms with Crippen LogP contribution in [0.3, 0.4) is 0 Å². The molecule has 0 aromatic heterocycles. The van der Waals surface area contributed by atoms with E-state index in [0.29, 0.717) is 43.1 Å². The molecule has 2 N–H and O–H groups in total. The smallest absolute Gasteiger partial charge is 0.420 e. The number of ether oxygens (including phenoxy) is 1. The molecule has 38 heavy (non-hydrogen) atoms. The highest BCUT2D eigenvalue weighted by Crippen LogP contribution is 2.44. The van der Waals surface area contributed by atoms with Crippen LogP contribution < -0.4 is 10.1 Å². The van der Waals surface area contributed by atoms with Gasteiger partial charge >= 0.3 is 18.3 Å². The van der Waals surface area contributed by atoms with Crippen LogP contribution in [0.1, 0.15) is 81.9 Å². The molecule has 0 amide bonds. The largest absolute Gasteiger partial charge is 0.490 e. The Kier molecular flexibility index (Phi) is 8.49. The minimum Gasteiger partial charge on any atom is -0.490 e. The normalized spacial score (nSPS) is 25.8. The molecular weight excluding hydrogens is 512 g/mol. The molecule has 2 saturated carbocycles. The van der Waals surface area contributed by atoms with Gasteiger partial charge in [-0.3, -0.25) is 4.79 Å². The van der Waals surface area contributed by atoms with Crippen LogP contribution in [0, 0.1) is 11.8 Å². The van der Waals surface area contributed by atoms with Gasteiger partial charge in [-0.25, -0.2) is 0 Å². The summed E-state index contributed by atoms with van der Waals surface area (Å²) in [5, 5.41) is 13.1. The third-order valence-corrected chi connectivity index (χ3v) is 8.05. The van der Waals surface area contributed by atoms with Crippen LogP contribution in [0.15, 0.2) is 30.3 Å². The number of carbonyl (C=O) groups is 1. The Bertz CT molecular complexity index is 1120. The number of alkyl halides is 6. The maximum Gasteiger partial charge on any atom is 0.420 e. The van der Waals surface area contributed by atoms with Crippen molar-refractivity contribution in [2.75, 3.05) is 0 Å². The van der Waals surface area contributed by atoms with Gasteiger partial charge in [-0.1, -0.05) is 25.1 Å². The van der Waals surface area contributed by atoms with Gasteiger partial charge in [0.15, 0.2) is 0 Å². The van der Waals surface area contributed by atoms with Gasteiger partial charge in [0.1, 0.15) is 11.3 Å². The van der Waals surface area contributed by atoms with Crippen molar-refractivity contribution in [1.29, 1.82) is 0 Å². The summed E-state index contributed by atoms with van der Waals surface area (Å²) in [6.45, 7) is 1.94. The second-order valence-corrected chi connectivity index (χ2v) is 10.6. The molecule has 0 heterocycles. The molecule has 1 unspecified atom stereocenters. The van der Waals surface area contributed by atoms with E-state index in [1.807, 2.05) is 6.92 Å². The summed E-state index contributed by atoms with van der Waals surface area (Å²) in [6.07, 6.45) is -6.84. The standard InChI is InChI=1S/C28H33F6NO3/c1-2-23(35-20-10-5-17(6-11-20)26(36)37)18-4-3-16-7-14-24(25(22(16)15-18)28(32,33)34)38-21-12-8-19(9-13-21)27(29,30)31/h3-4,7,14-15,17,19-21,23,35H,2,5-6,8-13H2,1H3,(H,36,37). The average molecular weight is 546 g/mol. The third-order valence-electron chi connectivity index (χ3n) is 8.05. The van der Waals surface area contributed by atoms with Crippen molar-refractivity contribution in [1.82, 2.24) is 5.32 Å². The molecule has 2 aliphatic rings. The maximum absolute atomic E-state index is 14.3. The van der Waals surface area contributed by atoms with Gasteiger partial charge in [0.25, 0.3) is 0 Å². The van der Waals surface area contributed by atoms with Crippen LogP contribution in [0.2, 0.25) is 0 Å². The first-order valence-electron chi connectivity index (χ1n) is 13.2. The van der Waals surface area contributed by atoms with E-state index in [1.165, 1.54) is 12.1 Å². The maximum atomic E-state index is 14.3. The summed E-state index contributed by atoms with van der Waals surface area (Å²) in [4.78, 5) is 11.2. The van der Waals surface area contributed by atoms with E-state index in [0.717, 1.165) is 0 Å². The van der Waals surface area contributed by atoms with E-state index in [-0.39, 0.29) is 54.8 Å². The highest BCUT2D eigenvalue weighted by atomic mass is 19.4. The number of nitrogens with one attached hydrogen (secondary N) is 1. The Morgan fingerprint density at radius 3 is 2.16 bits per heavy atom. The summed E-state index contributed by atoms with van der Waals surface area (Å²) in [5.74, 6) is -2.95. The predicted octanol–water partition coefficient (Wildman–Crippen LogP) is 8.04. The van der Waals surface area contributed by atoms with Crippen LogP contribution >= 0.6 is 0 Å². The first kappa shape index (κ1) is 28.5. The Hall–Kier alpha value is -2.49. The second-order valence-electron chi connectivity index (χ2n) is 10.6. The zero-order valence-electron chi connectivity index (χ0n) is 21.2. The van der Waals surface area contributed by atoms with E-state index in [4.69, 9.17) is 4.74 Å². The van der Waals surface area contributed by atoms with E-state index in [1.54, 1.807) is 18.2 Å². The number of halogens is 6. The highest BCUT2D eigenvalue weighted by molar-refractivity contribution is 5.89. The van der Waals surface area contributed by atoms with Crippen LogP contribution in [0.25, 0.3) is 10.8 Å². The van der Waals surface area contributed by atoms with Crippen molar-refractivity contribution in [2.24, 2.45) is 11.8 Å². The molecule has 0 spiro atoms.